The second kappa shape index (κ2) is 10.9. The number of hydrogen-bond acceptors (Lipinski definition) is 8. The first-order chi connectivity index (χ1) is 18.5. The van der Waals surface area contributed by atoms with E-state index in [2.05, 4.69) is 21.0 Å². The first-order valence-corrected chi connectivity index (χ1v) is 13.7. The molecule has 3 fully saturated rings. The Hall–Kier alpha value is -3.21. The van der Waals surface area contributed by atoms with Crippen LogP contribution in [0.25, 0.3) is 16.8 Å². The van der Waals surface area contributed by atoms with Crippen LogP contribution >= 0.6 is 0 Å². The summed E-state index contributed by atoms with van der Waals surface area (Å²) >= 11 is 0. The fraction of sp³-hybridized carbons (Fsp3) is 0.536. The molecule has 6 rings (SSSR count). The maximum atomic E-state index is 12.6. The van der Waals surface area contributed by atoms with E-state index in [4.69, 9.17) is 14.5 Å². The summed E-state index contributed by atoms with van der Waals surface area (Å²) in [6.45, 7) is 5.35. The van der Waals surface area contributed by atoms with E-state index in [0.717, 1.165) is 68.0 Å². The summed E-state index contributed by atoms with van der Waals surface area (Å²) in [7, 11) is 0. The average Bonchev–Trinajstić information content (AvgIpc) is 3.64. The highest BCUT2D eigenvalue weighted by atomic mass is 16.5. The van der Waals surface area contributed by atoms with Crippen molar-refractivity contribution in [2.24, 2.45) is 5.92 Å². The summed E-state index contributed by atoms with van der Waals surface area (Å²) in [5.74, 6) is 2.00. The van der Waals surface area contributed by atoms with Gasteiger partial charge in [0.05, 0.1) is 24.9 Å². The van der Waals surface area contributed by atoms with Crippen LogP contribution in [-0.2, 0) is 9.47 Å². The lowest BCUT2D eigenvalue weighted by atomic mass is 10.0. The van der Waals surface area contributed by atoms with E-state index in [-0.39, 0.29) is 11.9 Å². The monoisotopic (exact) mass is 520 g/mol. The molecule has 2 aliphatic heterocycles. The first kappa shape index (κ1) is 25.1. The zero-order chi connectivity index (χ0) is 26.1. The van der Waals surface area contributed by atoms with Gasteiger partial charge in [-0.3, -0.25) is 4.79 Å². The molecule has 2 aromatic heterocycles. The normalized spacial score (nSPS) is 22.4. The topological polar surface area (TPSA) is 122 Å². The molecule has 0 spiro atoms. The fourth-order valence-corrected chi connectivity index (χ4v) is 5.20. The molecule has 1 aromatic carbocycles. The number of fused-ring (bicyclic) bond motifs is 1. The number of benzene rings is 1. The van der Waals surface area contributed by atoms with Gasteiger partial charge in [-0.2, -0.15) is 9.61 Å². The third kappa shape index (κ3) is 5.48. The Morgan fingerprint density at radius 1 is 1.11 bits per heavy atom. The van der Waals surface area contributed by atoms with Crippen molar-refractivity contribution >= 4 is 23.2 Å². The lowest BCUT2D eigenvalue weighted by Crippen LogP contribution is -2.42. The average molecular weight is 521 g/mol. The van der Waals surface area contributed by atoms with Crippen molar-refractivity contribution < 1.29 is 19.4 Å². The molecule has 1 saturated carbocycles. The van der Waals surface area contributed by atoms with E-state index in [1.807, 2.05) is 41.9 Å². The molecule has 3 aromatic rings. The molecular weight excluding hydrogens is 484 g/mol. The van der Waals surface area contributed by atoms with Crippen LogP contribution in [0.2, 0.25) is 0 Å². The van der Waals surface area contributed by atoms with Crippen molar-refractivity contribution in [3.63, 3.8) is 0 Å². The summed E-state index contributed by atoms with van der Waals surface area (Å²) < 4.78 is 12.9. The minimum absolute atomic E-state index is 0.0196. The van der Waals surface area contributed by atoms with Crippen molar-refractivity contribution in [2.45, 2.75) is 57.2 Å². The third-order valence-corrected chi connectivity index (χ3v) is 7.73. The number of aliphatic hydroxyl groups excluding tert-OH is 1. The van der Waals surface area contributed by atoms with Crippen LogP contribution in [0.4, 0.5) is 11.6 Å². The molecule has 2 atom stereocenters. The smallest absolute Gasteiger partial charge is 0.251 e. The summed E-state index contributed by atoms with van der Waals surface area (Å²) in [4.78, 5) is 17.6. The van der Waals surface area contributed by atoms with Crippen LogP contribution in [0.3, 0.4) is 0 Å². The van der Waals surface area contributed by atoms with Gasteiger partial charge < -0.3 is 30.5 Å². The molecule has 0 bridgehead atoms. The van der Waals surface area contributed by atoms with Crippen LogP contribution < -0.4 is 16.0 Å². The summed E-state index contributed by atoms with van der Waals surface area (Å²) in [5.41, 5.74) is 4.12. The molecule has 2 saturated heterocycles. The maximum Gasteiger partial charge on any atom is 0.251 e. The Kier molecular flexibility index (Phi) is 7.18. The van der Waals surface area contributed by atoms with E-state index in [9.17, 15) is 9.90 Å². The number of amides is 1. The third-order valence-electron chi connectivity index (χ3n) is 7.73. The lowest BCUT2D eigenvalue weighted by Gasteiger charge is -2.29. The second-order valence-corrected chi connectivity index (χ2v) is 10.7. The molecule has 4 N–H and O–H groups in total. The Balaban J connectivity index is 1.32. The maximum absolute atomic E-state index is 12.6. The highest BCUT2D eigenvalue weighted by molar-refractivity contribution is 5.97. The van der Waals surface area contributed by atoms with Gasteiger partial charge in [0.2, 0.25) is 0 Å². The Morgan fingerprint density at radius 2 is 1.92 bits per heavy atom. The molecule has 0 unspecified atom stereocenters. The number of ether oxygens (including phenoxy) is 2. The fourth-order valence-electron chi connectivity index (χ4n) is 5.20. The first-order valence-electron chi connectivity index (χ1n) is 13.7. The number of aliphatic hydroxyl groups is 1. The van der Waals surface area contributed by atoms with E-state index < -0.39 is 6.10 Å². The van der Waals surface area contributed by atoms with E-state index in [1.165, 1.54) is 0 Å². The van der Waals surface area contributed by atoms with Crippen LogP contribution in [0.1, 0.15) is 48.0 Å². The highest BCUT2D eigenvalue weighted by Crippen LogP contribution is 2.30. The van der Waals surface area contributed by atoms with E-state index in [1.54, 1.807) is 0 Å². The van der Waals surface area contributed by atoms with Crippen LogP contribution in [0.15, 0.2) is 30.5 Å². The minimum atomic E-state index is -0.498. The van der Waals surface area contributed by atoms with Gasteiger partial charge in [0.15, 0.2) is 5.65 Å². The zero-order valence-electron chi connectivity index (χ0n) is 21.8. The quantitative estimate of drug-likeness (QED) is 0.358. The van der Waals surface area contributed by atoms with Gasteiger partial charge in [-0.1, -0.05) is 12.1 Å². The molecule has 202 valence electrons. The molecule has 1 aliphatic carbocycles. The number of rotatable bonds is 8. The summed E-state index contributed by atoms with van der Waals surface area (Å²) in [6, 6.07) is 7.89. The number of aromatic nitrogens is 3. The van der Waals surface area contributed by atoms with Crippen molar-refractivity contribution in [1.82, 2.24) is 19.9 Å². The zero-order valence-corrected chi connectivity index (χ0v) is 21.8. The van der Waals surface area contributed by atoms with Gasteiger partial charge in [-0.25, -0.2) is 4.98 Å². The predicted molar refractivity (Wildman–Crippen MR) is 145 cm³/mol. The number of carbonyl (C=O) groups excluding carboxylic acids is 1. The summed E-state index contributed by atoms with van der Waals surface area (Å²) in [5, 5.41) is 25.2. The van der Waals surface area contributed by atoms with Crippen molar-refractivity contribution in [1.29, 1.82) is 0 Å². The second-order valence-electron chi connectivity index (χ2n) is 10.7. The Morgan fingerprint density at radius 3 is 2.68 bits per heavy atom. The van der Waals surface area contributed by atoms with Crippen LogP contribution in [0, 0.1) is 12.8 Å². The number of nitrogens with one attached hydrogen (secondary N) is 3. The van der Waals surface area contributed by atoms with Gasteiger partial charge in [0.1, 0.15) is 11.6 Å². The van der Waals surface area contributed by atoms with Crippen LogP contribution in [0.5, 0.6) is 0 Å². The molecule has 4 heterocycles. The molecule has 3 aliphatic rings. The predicted octanol–water partition coefficient (Wildman–Crippen LogP) is 3.00. The number of hydrogen-bond donors (Lipinski definition) is 4. The van der Waals surface area contributed by atoms with Gasteiger partial charge in [-0.15, -0.1) is 0 Å². The van der Waals surface area contributed by atoms with Crippen LogP contribution in [-0.4, -0.2) is 76.8 Å². The molecule has 10 nitrogen and oxygen atoms in total. The van der Waals surface area contributed by atoms with Gasteiger partial charge in [-0.05, 0) is 62.1 Å². The standard InChI is InChI=1S/C28H36N6O4/c1-17-12-19(2-5-21(17)28(36)31-20-3-4-20)22-15-30-34-26(29-14-18-6-9-37-10-7-18)13-25(33-27(22)34)32-23-16-38-11-8-24(23)35/h2,5,12-13,15,18,20,23-24,29,35H,3-4,6-11,14,16H2,1H3,(H,31,36)(H,32,33)/t23-,24-/m0/s1. The molecule has 38 heavy (non-hydrogen) atoms. The SMILES string of the molecule is Cc1cc(-c2cnn3c(NCC4CCOCC4)cc(N[C@H]4COCC[C@@H]4O)nc23)ccc1C(=O)NC1CC1. The molecule has 1 amide bonds. The largest absolute Gasteiger partial charge is 0.391 e. The molecule has 10 heteroatoms. The minimum Gasteiger partial charge on any atom is -0.391 e. The van der Waals surface area contributed by atoms with Gasteiger partial charge in [0, 0.05) is 49.6 Å². The summed E-state index contributed by atoms with van der Waals surface area (Å²) in [6.07, 6.45) is 6.09. The number of anilines is 2. The van der Waals surface area contributed by atoms with Crippen molar-refractivity contribution in [3.05, 3.63) is 41.6 Å². The van der Waals surface area contributed by atoms with Gasteiger partial charge >= 0.3 is 0 Å². The lowest BCUT2D eigenvalue weighted by molar-refractivity contribution is 0.00305. The number of nitrogens with zero attached hydrogens (tertiary/aromatic N) is 3. The number of aryl methyl sites for hydroxylation is 1. The Bertz CT molecular complexity index is 1300. The van der Waals surface area contributed by atoms with Crippen molar-refractivity contribution in [2.75, 3.05) is 43.6 Å². The molecule has 0 radical (unpaired) electrons. The Labute approximate surface area is 222 Å². The molecular formula is C28H36N6O4. The highest BCUT2D eigenvalue weighted by Gasteiger charge is 2.26. The van der Waals surface area contributed by atoms with E-state index in [0.29, 0.717) is 48.6 Å². The van der Waals surface area contributed by atoms with Gasteiger partial charge in [0.25, 0.3) is 5.91 Å². The van der Waals surface area contributed by atoms with E-state index >= 15 is 0 Å². The number of carbonyl (C=O) groups is 1. The van der Waals surface area contributed by atoms with Crippen molar-refractivity contribution in [3.8, 4) is 11.1 Å².